The van der Waals surface area contributed by atoms with E-state index in [1.54, 1.807) is 0 Å². The van der Waals surface area contributed by atoms with Gasteiger partial charge in [0.1, 0.15) is 0 Å². The van der Waals surface area contributed by atoms with E-state index < -0.39 is 5.41 Å². The largest absolute Gasteiger partial charge is 0.309 e. The zero-order valence-corrected chi connectivity index (χ0v) is 29.3. The Morgan fingerprint density at radius 1 is 0.346 bits per heavy atom. The number of aromatic nitrogens is 1. The van der Waals surface area contributed by atoms with Gasteiger partial charge in [-0.25, -0.2) is 0 Å². The van der Waals surface area contributed by atoms with Gasteiger partial charge in [0.05, 0.1) is 22.1 Å². The predicted octanol–water partition coefficient (Wildman–Crippen LogP) is 13.1. The van der Waals surface area contributed by atoms with Crippen LogP contribution in [-0.2, 0) is 5.41 Å². The highest BCUT2D eigenvalue weighted by Crippen LogP contribution is 2.56. The van der Waals surface area contributed by atoms with Gasteiger partial charge in [0.25, 0.3) is 0 Å². The molecule has 0 spiro atoms. The van der Waals surface area contributed by atoms with E-state index in [-0.39, 0.29) is 0 Å². The fourth-order valence-corrected chi connectivity index (χ4v) is 9.02. The predicted molar refractivity (Wildman–Crippen MR) is 218 cm³/mol. The molecule has 0 radical (unpaired) electrons. The Morgan fingerprint density at radius 2 is 0.885 bits per heavy atom. The van der Waals surface area contributed by atoms with E-state index in [1.807, 2.05) is 0 Å². The smallest absolute Gasteiger partial charge is 0.0747 e. The van der Waals surface area contributed by atoms with Crippen LogP contribution in [0.3, 0.4) is 0 Å². The van der Waals surface area contributed by atoms with Crippen LogP contribution in [0.15, 0.2) is 188 Å². The van der Waals surface area contributed by atoms with E-state index in [0.29, 0.717) is 0 Å². The number of benzene rings is 8. The molecule has 0 amide bonds. The Morgan fingerprint density at radius 3 is 1.60 bits per heavy atom. The highest BCUT2D eigenvalue weighted by atomic mass is 15.0. The third-order valence-corrected chi connectivity index (χ3v) is 11.3. The molecule has 10 rings (SSSR count). The zero-order valence-electron chi connectivity index (χ0n) is 29.3. The maximum atomic E-state index is 2.51. The summed E-state index contributed by atoms with van der Waals surface area (Å²) >= 11 is 0. The molecular weight excluding hydrogens is 627 g/mol. The van der Waals surface area contributed by atoms with Crippen molar-refractivity contribution in [3.05, 3.63) is 221 Å². The molecule has 1 unspecified atom stereocenters. The minimum absolute atomic E-state index is 0.564. The van der Waals surface area contributed by atoms with Crippen LogP contribution in [0.4, 0.5) is 0 Å². The quantitative estimate of drug-likeness (QED) is 0.173. The summed E-state index contributed by atoms with van der Waals surface area (Å²) < 4.78 is 2.51. The Kier molecular flexibility index (Phi) is 6.91. The van der Waals surface area contributed by atoms with Crippen LogP contribution in [0, 0.1) is 13.8 Å². The van der Waals surface area contributed by atoms with Gasteiger partial charge in [-0.2, -0.15) is 0 Å². The first-order valence-corrected chi connectivity index (χ1v) is 18.2. The topological polar surface area (TPSA) is 4.93 Å². The number of hydrogen-bond acceptors (Lipinski definition) is 0. The van der Waals surface area contributed by atoms with Crippen molar-refractivity contribution >= 4 is 21.8 Å². The van der Waals surface area contributed by atoms with Crippen LogP contribution < -0.4 is 0 Å². The van der Waals surface area contributed by atoms with E-state index in [1.165, 1.54) is 94.3 Å². The van der Waals surface area contributed by atoms with Crippen molar-refractivity contribution < 1.29 is 0 Å². The lowest BCUT2D eigenvalue weighted by atomic mass is 9.61. The van der Waals surface area contributed by atoms with Crippen molar-refractivity contribution in [2.45, 2.75) is 19.3 Å². The highest BCUT2D eigenvalue weighted by Gasteiger charge is 2.46. The molecular formula is C51H37N. The average molecular weight is 664 g/mol. The van der Waals surface area contributed by atoms with Gasteiger partial charge in [0.2, 0.25) is 0 Å². The third kappa shape index (κ3) is 4.42. The second-order valence-electron chi connectivity index (χ2n) is 14.2. The lowest BCUT2D eigenvalue weighted by Gasteiger charge is -2.43. The minimum Gasteiger partial charge on any atom is -0.309 e. The number of para-hydroxylation sites is 3. The van der Waals surface area contributed by atoms with Gasteiger partial charge in [0.15, 0.2) is 0 Å². The van der Waals surface area contributed by atoms with Crippen molar-refractivity contribution in [3.63, 3.8) is 0 Å². The van der Waals surface area contributed by atoms with E-state index >= 15 is 0 Å². The Hall–Kier alpha value is -6.44. The molecule has 246 valence electrons. The number of hydrogen-bond donors (Lipinski definition) is 0. The Balaban J connectivity index is 1.32. The summed E-state index contributed by atoms with van der Waals surface area (Å²) in [5.41, 5.74) is 18.3. The van der Waals surface area contributed by atoms with Gasteiger partial charge in [0, 0.05) is 10.8 Å². The molecule has 0 bridgehead atoms. The lowest BCUT2D eigenvalue weighted by molar-refractivity contribution is 0.716. The summed E-state index contributed by atoms with van der Waals surface area (Å²) in [6, 6.07) is 69.7. The first-order chi connectivity index (χ1) is 25.6. The molecule has 52 heavy (non-hydrogen) atoms. The van der Waals surface area contributed by atoms with Crippen molar-refractivity contribution in [2.24, 2.45) is 0 Å². The molecule has 1 nitrogen and oxygen atoms in total. The second-order valence-corrected chi connectivity index (χ2v) is 14.2. The molecule has 1 heteroatoms. The van der Waals surface area contributed by atoms with Crippen LogP contribution in [0.1, 0.15) is 33.4 Å². The number of fused-ring (bicyclic) bond motifs is 5. The van der Waals surface area contributed by atoms with Crippen LogP contribution in [-0.4, -0.2) is 4.57 Å². The summed E-state index contributed by atoms with van der Waals surface area (Å²) in [7, 11) is 0. The van der Waals surface area contributed by atoms with E-state index in [0.717, 1.165) is 0 Å². The first-order valence-electron chi connectivity index (χ1n) is 18.2. The van der Waals surface area contributed by atoms with Crippen LogP contribution >= 0.6 is 0 Å². The lowest BCUT2D eigenvalue weighted by Crippen LogP contribution is -2.36. The van der Waals surface area contributed by atoms with Gasteiger partial charge in [-0.15, -0.1) is 0 Å². The highest BCUT2D eigenvalue weighted by molar-refractivity contribution is 6.12. The van der Waals surface area contributed by atoms with E-state index in [4.69, 9.17) is 0 Å². The molecule has 0 saturated carbocycles. The molecule has 9 aromatic rings. The monoisotopic (exact) mass is 663 g/mol. The molecule has 0 saturated heterocycles. The molecule has 1 aliphatic heterocycles. The van der Waals surface area contributed by atoms with Crippen LogP contribution in [0.2, 0.25) is 0 Å². The minimum atomic E-state index is -0.564. The molecule has 1 atom stereocenters. The van der Waals surface area contributed by atoms with Crippen molar-refractivity contribution in [2.75, 3.05) is 0 Å². The van der Waals surface area contributed by atoms with E-state index in [2.05, 4.69) is 206 Å². The van der Waals surface area contributed by atoms with Crippen molar-refractivity contribution in [3.8, 4) is 39.1 Å². The summed E-state index contributed by atoms with van der Waals surface area (Å²) in [4.78, 5) is 0. The maximum Gasteiger partial charge on any atom is 0.0747 e. The Labute approximate surface area is 305 Å². The molecule has 8 aromatic carbocycles. The average Bonchev–Trinajstić information content (AvgIpc) is 3.55. The zero-order chi connectivity index (χ0) is 34.8. The number of rotatable bonds is 5. The van der Waals surface area contributed by atoms with Crippen LogP contribution in [0.5, 0.6) is 0 Å². The van der Waals surface area contributed by atoms with Gasteiger partial charge >= 0.3 is 0 Å². The fourth-order valence-electron chi connectivity index (χ4n) is 9.02. The number of aryl methyl sites for hydroxylation is 2. The fraction of sp³-hybridized carbons (Fsp3) is 0.0588. The van der Waals surface area contributed by atoms with E-state index in [9.17, 15) is 0 Å². The summed E-state index contributed by atoms with van der Waals surface area (Å²) in [5.74, 6) is 0. The summed E-state index contributed by atoms with van der Waals surface area (Å²) in [5, 5.41) is 2.57. The Bertz CT molecular complexity index is 2750. The normalized spacial score (nSPS) is 14.8. The molecule has 0 aliphatic carbocycles. The molecule has 0 fully saturated rings. The molecule has 1 aliphatic rings. The second kappa shape index (κ2) is 11.8. The first kappa shape index (κ1) is 30.4. The SMILES string of the molecule is Cc1ccccc1C1(c2cc(-c3cc(-c4ccccc4)cc(-c4ccccc4)c3)ccc2C)c2ccccc2-n2c3ccccc3c3cccc1c32. The summed E-state index contributed by atoms with van der Waals surface area (Å²) in [6.45, 7) is 4.57. The van der Waals surface area contributed by atoms with Crippen LogP contribution in [0.25, 0.3) is 60.9 Å². The molecule has 0 N–H and O–H groups in total. The van der Waals surface area contributed by atoms with Gasteiger partial charge < -0.3 is 4.57 Å². The van der Waals surface area contributed by atoms with Gasteiger partial charge in [-0.05, 0) is 117 Å². The van der Waals surface area contributed by atoms with Crippen molar-refractivity contribution in [1.82, 2.24) is 4.57 Å². The maximum absolute atomic E-state index is 2.51. The van der Waals surface area contributed by atoms with Crippen molar-refractivity contribution in [1.29, 1.82) is 0 Å². The third-order valence-electron chi connectivity index (χ3n) is 11.3. The number of nitrogens with zero attached hydrogens (tertiary/aromatic N) is 1. The van der Waals surface area contributed by atoms with Gasteiger partial charge in [-0.1, -0.05) is 152 Å². The van der Waals surface area contributed by atoms with Gasteiger partial charge in [-0.3, -0.25) is 0 Å². The summed E-state index contributed by atoms with van der Waals surface area (Å²) in [6.07, 6.45) is 0. The standard InChI is InChI=1S/C51H37N/c1-34-16-9-11-23-44(34)51(45-24-12-14-27-49(45)52-48-26-13-10-21-42(48)43-22-15-25-46(51)50(43)52)47-33-38(29-28-35(47)2)41-31-39(36-17-5-3-6-18-36)30-40(32-41)37-19-7-4-8-20-37/h3-33H,1-2H3. The molecule has 1 aromatic heterocycles. The molecule has 2 heterocycles.